The summed E-state index contributed by atoms with van der Waals surface area (Å²) in [4.78, 5) is 22.7. The van der Waals surface area contributed by atoms with Crippen LogP contribution in [0, 0.1) is 0 Å². The fourth-order valence-corrected chi connectivity index (χ4v) is 2.43. The second-order valence-electron chi connectivity index (χ2n) is 5.90. The van der Waals surface area contributed by atoms with Crippen molar-refractivity contribution >= 4 is 23.6 Å². The highest BCUT2D eigenvalue weighted by atomic mass is 16.4. The normalized spacial score (nSPS) is 10.8. The van der Waals surface area contributed by atoms with Crippen LogP contribution in [0.25, 0.3) is 6.08 Å². The van der Waals surface area contributed by atoms with Crippen LogP contribution in [-0.2, 0) is 11.2 Å². The van der Waals surface area contributed by atoms with Gasteiger partial charge in [-0.05, 0) is 54.3 Å². The zero-order valence-corrected chi connectivity index (χ0v) is 14.4. The Bertz CT molecular complexity index is 731. The van der Waals surface area contributed by atoms with Crippen LogP contribution in [0.3, 0.4) is 0 Å². The average molecular weight is 337 g/mol. The molecule has 0 aliphatic heterocycles. The number of aryl methyl sites for hydroxylation is 1. The highest BCUT2D eigenvalue weighted by Gasteiger charge is 2.03. The van der Waals surface area contributed by atoms with Crippen LogP contribution >= 0.6 is 0 Å². The molecule has 0 saturated carbocycles. The van der Waals surface area contributed by atoms with Crippen LogP contribution in [0.4, 0.5) is 5.69 Å². The molecule has 0 aliphatic rings. The van der Waals surface area contributed by atoms with Gasteiger partial charge in [0.2, 0.25) is 5.91 Å². The molecule has 130 valence electrons. The highest BCUT2D eigenvalue weighted by molar-refractivity contribution is 6.02. The van der Waals surface area contributed by atoms with Gasteiger partial charge in [-0.3, -0.25) is 4.79 Å². The molecule has 0 heterocycles. The summed E-state index contributed by atoms with van der Waals surface area (Å²) in [7, 11) is 0. The molecule has 25 heavy (non-hydrogen) atoms. The van der Waals surface area contributed by atoms with Gasteiger partial charge in [0.25, 0.3) is 0 Å². The third-order valence-electron chi connectivity index (χ3n) is 3.88. The largest absolute Gasteiger partial charge is 0.478 e. The molecule has 0 bridgehead atoms. The predicted octanol–water partition coefficient (Wildman–Crippen LogP) is 4.77. The van der Waals surface area contributed by atoms with Gasteiger partial charge < -0.3 is 10.4 Å². The average Bonchev–Trinajstić information content (AvgIpc) is 2.62. The summed E-state index contributed by atoms with van der Waals surface area (Å²) in [5.41, 5.74) is 3.03. The maximum absolute atomic E-state index is 11.9. The first-order valence-electron chi connectivity index (χ1n) is 8.50. The zero-order chi connectivity index (χ0) is 18.1. The van der Waals surface area contributed by atoms with Crippen LogP contribution in [0.2, 0.25) is 0 Å². The minimum atomic E-state index is -0.990. The van der Waals surface area contributed by atoms with Crippen molar-refractivity contribution in [1.82, 2.24) is 0 Å². The van der Waals surface area contributed by atoms with Crippen molar-refractivity contribution in [2.24, 2.45) is 0 Å². The number of rotatable bonds is 8. The van der Waals surface area contributed by atoms with Crippen LogP contribution < -0.4 is 5.32 Å². The Hall–Kier alpha value is -2.88. The van der Waals surface area contributed by atoms with Gasteiger partial charge in [-0.15, -0.1) is 0 Å². The van der Waals surface area contributed by atoms with E-state index >= 15 is 0 Å². The number of carbonyl (C=O) groups is 2. The van der Waals surface area contributed by atoms with Gasteiger partial charge in [-0.1, -0.05) is 44.0 Å². The SMILES string of the molecule is CCCCCc1ccc(C=CC(=O)Nc2ccc(C(=O)O)cc2)cc1. The molecule has 0 fully saturated rings. The van der Waals surface area contributed by atoms with Crippen molar-refractivity contribution in [1.29, 1.82) is 0 Å². The highest BCUT2D eigenvalue weighted by Crippen LogP contribution is 2.12. The van der Waals surface area contributed by atoms with E-state index in [9.17, 15) is 9.59 Å². The van der Waals surface area contributed by atoms with Crippen LogP contribution in [-0.4, -0.2) is 17.0 Å². The molecule has 0 atom stereocenters. The number of benzene rings is 2. The molecule has 2 aromatic rings. The third-order valence-corrected chi connectivity index (χ3v) is 3.88. The van der Waals surface area contributed by atoms with Gasteiger partial charge in [0, 0.05) is 11.8 Å². The molecule has 2 rings (SSSR count). The molecule has 0 spiro atoms. The van der Waals surface area contributed by atoms with E-state index in [0.29, 0.717) is 5.69 Å². The van der Waals surface area contributed by atoms with Crippen LogP contribution in [0.15, 0.2) is 54.6 Å². The van der Waals surface area contributed by atoms with Crippen molar-refractivity contribution in [3.05, 3.63) is 71.3 Å². The minimum Gasteiger partial charge on any atom is -0.478 e. The zero-order valence-electron chi connectivity index (χ0n) is 14.4. The first-order chi connectivity index (χ1) is 12.1. The molecule has 2 aromatic carbocycles. The number of anilines is 1. The summed E-state index contributed by atoms with van der Waals surface area (Å²) >= 11 is 0. The number of carboxylic acid groups (broad SMARTS) is 1. The van der Waals surface area contributed by atoms with Crippen molar-refractivity contribution < 1.29 is 14.7 Å². The van der Waals surface area contributed by atoms with E-state index in [0.717, 1.165) is 12.0 Å². The Labute approximate surface area is 148 Å². The molecule has 4 heteroatoms. The lowest BCUT2D eigenvalue weighted by Crippen LogP contribution is -2.08. The molecule has 0 aliphatic carbocycles. The van der Waals surface area contributed by atoms with Gasteiger partial charge >= 0.3 is 5.97 Å². The minimum absolute atomic E-state index is 0.188. The van der Waals surface area contributed by atoms with Gasteiger partial charge in [0.15, 0.2) is 0 Å². The first kappa shape index (κ1) is 18.5. The quantitative estimate of drug-likeness (QED) is 0.538. The van der Waals surface area contributed by atoms with Crippen molar-refractivity contribution in [2.75, 3.05) is 5.32 Å². The Morgan fingerprint density at radius 2 is 1.68 bits per heavy atom. The molecule has 0 radical (unpaired) electrons. The monoisotopic (exact) mass is 337 g/mol. The lowest BCUT2D eigenvalue weighted by molar-refractivity contribution is -0.111. The second kappa shape index (κ2) is 9.42. The van der Waals surface area contributed by atoms with Crippen molar-refractivity contribution in [3.63, 3.8) is 0 Å². The Morgan fingerprint density at radius 1 is 1.00 bits per heavy atom. The number of hydrogen-bond donors (Lipinski definition) is 2. The third kappa shape index (κ3) is 6.26. The lowest BCUT2D eigenvalue weighted by atomic mass is 10.1. The van der Waals surface area contributed by atoms with Crippen molar-refractivity contribution in [2.45, 2.75) is 32.6 Å². The number of amides is 1. The number of aromatic carboxylic acids is 1. The number of carbonyl (C=O) groups excluding carboxylic acids is 1. The number of nitrogens with one attached hydrogen (secondary N) is 1. The van der Waals surface area contributed by atoms with E-state index < -0.39 is 5.97 Å². The van der Waals surface area contributed by atoms with E-state index in [1.807, 2.05) is 12.1 Å². The lowest BCUT2D eigenvalue weighted by Gasteiger charge is -2.03. The summed E-state index contributed by atoms with van der Waals surface area (Å²) in [5.74, 6) is -1.24. The Balaban J connectivity index is 1.87. The van der Waals surface area contributed by atoms with Gasteiger partial charge in [-0.25, -0.2) is 4.79 Å². The van der Waals surface area contributed by atoms with E-state index in [4.69, 9.17) is 5.11 Å². The van der Waals surface area contributed by atoms with Gasteiger partial charge in [0.1, 0.15) is 0 Å². The molecular formula is C21H23NO3. The fraction of sp³-hybridized carbons (Fsp3) is 0.238. The smallest absolute Gasteiger partial charge is 0.335 e. The summed E-state index contributed by atoms with van der Waals surface area (Å²) in [5, 5.41) is 11.6. The maximum atomic E-state index is 11.9. The summed E-state index contributed by atoms with van der Waals surface area (Å²) in [6.07, 6.45) is 7.98. The Kier molecular flexibility index (Phi) is 6.96. The molecule has 0 saturated heterocycles. The topological polar surface area (TPSA) is 66.4 Å². The van der Waals surface area contributed by atoms with Gasteiger partial charge in [0.05, 0.1) is 5.56 Å². The molecule has 1 amide bonds. The van der Waals surface area contributed by atoms with Gasteiger partial charge in [-0.2, -0.15) is 0 Å². The number of carboxylic acids is 1. The Morgan fingerprint density at radius 3 is 2.28 bits per heavy atom. The molecule has 0 unspecified atom stereocenters. The molecular weight excluding hydrogens is 314 g/mol. The number of hydrogen-bond acceptors (Lipinski definition) is 2. The summed E-state index contributed by atoms with van der Waals surface area (Å²) in [6.45, 7) is 2.19. The molecule has 2 N–H and O–H groups in total. The van der Waals surface area contributed by atoms with E-state index in [1.165, 1.54) is 43.0 Å². The van der Waals surface area contributed by atoms with E-state index in [2.05, 4.69) is 24.4 Å². The molecule has 4 nitrogen and oxygen atoms in total. The summed E-state index contributed by atoms with van der Waals surface area (Å²) in [6, 6.07) is 14.3. The predicted molar refractivity (Wildman–Crippen MR) is 101 cm³/mol. The first-order valence-corrected chi connectivity index (χ1v) is 8.50. The molecule has 0 aromatic heterocycles. The van der Waals surface area contributed by atoms with E-state index in [1.54, 1.807) is 18.2 Å². The summed E-state index contributed by atoms with van der Waals surface area (Å²) < 4.78 is 0. The van der Waals surface area contributed by atoms with Crippen LogP contribution in [0.1, 0.15) is 47.7 Å². The van der Waals surface area contributed by atoms with Crippen LogP contribution in [0.5, 0.6) is 0 Å². The maximum Gasteiger partial charge on any atom is 0.335 e. The number of unbranched alkanes of at least 4 members (excludes halogenated alkanes) is 2. The second-order valence-corrected chi connectivity index (χ2v) is 5.90. The fourth-order valence-electron chi connectivity index (χ4n) is 2.43. The van der Waals surface area contributed by atoms with E-state index in [-0.39, 0.29) is 11.5 Å². The standard InChI is InChI=1S/C21H23NO3/c1-2-3-4-5-16-6-8-17(9-7-16)10-15-20(23)22-19-13-11-18(12-14-19)21(24)25/h6-15H,2-5H2,1H3,(H,22,23)(H,24,25). The van der Waals surface area contributed by atoms with Crippen molar-refractivity contribution in [3.8, 4) is 0 Å².